The molecule has 124 valence electrons. The quantitative estimate of drug-likeness (QED) is 0.490. The molecule has 0 amide bonds. The average Bonchev–Trinajstić information content (AvgIpc) is 3.01. The van der Waals surface area contributed by atoms with Crippen molar-refractivity contribution in [2.45, 2.75) is 6.42 Å². The van der Waals surface area contributed by atoms with E-state index >= 15 is 0 Å². The van der Waals surface area contributed by atoms with Gasteiger partial charge in [0.05, 0.1) is 19.8 Å². The SMILES string of the molecule is COc1ccc2c(CC(=O)OCCOc3ccccc3)coc2c1. The smallest absolute Gasteiger partial charge is 0.310 e. The van der Waals surface area contributed by atoms with Crippen molar-refractivity contribution >= 4 is 16.9 Å². The Morgan fingerprint density at radius 2 is 1.88 bits per heavy atom. The molecule has 1 heterocycles. The van der Waals surface area contributed by atoms with Gasteiger partial charge in [-0.15, -0.1) is 0 Å². The molecular weight excluding hydrogens is 308 g/mol. The van der Waals surface area contributed by atoms with Crippen LogP contribution < -0.4 is 9.47 Å². The Kier molecular flexibility index (Phi) is 5.01. The number of carbonyl (C=O) groups is 1. The van der Waals surface area contributed by atoms with E-state index in [1.807, 2.05) is 42.5 Å². The Labute approximate surface area is 139 Å². The summed E-state index contributed by atoms with van der Waals surface area (Å²) in [5, 5.41) is 0.883. The Morgan fingerprint density at radius 3 is 2.67 bits per heavy atom. The van der Waals surface area contributed by atoms with Gasteiger partial charge in [0.15, 0.2) is 0 Å². The molecule has 0 fully saturated rings. The van der Waals surface area contributed by atoms with Gasteiger partial charge in [0.1, 0.15) is 30.3 Å². The van der Waals surface area contributed by atoms with Gasteiger partial charge in [-0.25, -0.2) is 0 Å². The molecular formula is C19H18O5. The van der Waals surface area contributed by atoms with Crippen LogP contribution in [0.25, 0.3) is 11.0 Å². The summed E-state index contributed by atoms with van der Waals surface area (Å²) in [7, 11) is 1.60. The summed E-state index contributed by atoms with van der Waals surface area (Å²) < 4.78 is 21.3. The van der Waals surface area contributed by atoms with Crippen molar-refractivity contribution in [2.75, 3.05) is 20.3 Å². The van der Waals surface area contributed by atoms with E-state index in [1.54, 1.807) is 19.4 Å². The van der Waals surface area contributed by atoms with Gasteiger partial charge in [0.25, 0.3) is 0 Å². The molecule has 2 aromatic carbocycles. The zero-order valence-corrected chi connectivity index (χ0v) is 13.4. The van der Waals surface area contributed by atoms with Crippen LogP contribution in [0, 0.1) is 0 Å². The summed E-state index contributed by atoms with van der Waals surface area (Å²) in [6.45, 7) is 0.524. The molecule has 0 aliphatic rings. The number of esters is 1. The van der Waals surface area contributed by atoms with Crippen molar-refractivity contribution in [1.29, 1.82) is 0 Å². The molecule has 0 N–H and O–H groups in total. The van der Waals surface area contributed by atoms with E-state index in [1.165, 1.54) is 0 Å². The van der Waals surface area contributed by atoms with Gasteiger partial charge in [0.2, 0.25) is 0 Å². The van der Waals surface area contributed by atoms with Gasteiger partial charge < -0.3 is 18.6 Å². The summed E-state index contributed by atoms with van der Waals surface area (Å²) in [5.74, 6) is 1.15. The maximum absolute atomic E-state index is 11.9. The topological polar surface area (TPSA) is 57.9 Å². The van der Waals surface area contributed by atoms with Crippen LogP contribution >= 0.6 is 0 Å². The minimum Gasteiger partial charge on any atom is -0.497 e. The first kappa shape index (κ1) is 15.9. The van der Waals surface area contributed by atoms with Crippen molar-refractivity contribution in [3.63, 3.8) is 0 Å². The summed E-state index contributed by atoms with van der Waals surface area (Å²) >= 11 is 0. The number of furan rings is 1. The maximum atomic E-state index is 11.9. The van der Waals surface area contributed by atoms with Crippen molar-refractivity contribution in [1.82, 2.24) is 0 Å². The molecule has 0 saturated heterocycles. The third-order valence-electron chi connectivity index (χ3n) is 3.56. The van der Waals surface area contributed by atoms with Crippen LogP contribution in [0.1, 0.15) is 5.56 Å². The van der Waals surface area contributed by atoms with Gasteiger partial charge in [-0.2, -0.15) is 0 Å². The monoisotopic (exact) mass is 326 g/mol. The highest BCUT2D eigenvalue weighted by atomic mass is 16.6. The van der Waals surface area contributed by atoms with Crippen LogP contribution in [0.2, 0.25) is 0 Å². The third-order valence-corrected chi connectivity index (χ3v) is 3.56. The normalized spacial score (nSPS) is 10.5. The summed E-state index contributed by atoms with van der Waals surface area (Å²) in [6, 6.07) is 14.9. The molecule has 0 saturated carbocycles. The first-order valence-corrected chi connectivity index (χ1v) is 7.64. The number of fused-ring (bicyclic) bond motifs is 1. The molecule has 1 aromatic heterocycles. The Bertz CT molecular complexity index is 807. The molecule has 0 aliphatic carbocycles. The van der Waals surface area contributed by atoms with Crippen molar-refractivity contribution in [3.8, 4) is 11.5 Å². The van der Waals surface area contributed by atoms with E-state index in [0.29, 0.717) is 17.9 Å². The number of rotatable bonds is 7. The van der Waals surface area contributed by atoms with E-state index in [9.17, 15) is 4.79 Å². The Hall–Kier alpha value is -2.95. The fraction of sp³-hybridized carbons (Fsp3) is 0.211. The van der Waals surface area contributed by atoms with Gasteiger partial charge >= 0.3 is 5.97 Å². The van der Waals surface area contributed by atoms with Crippen molar-refractivity contribution in [2.24, 2.45) is 0 Å². The number of benzene rings is 2. The predicted octanol–water partition coefficient (Wildman–Crippen LogP) is 3.61. The van der Waals surface area contributed by atoms with E-state index in [2.05, 4.69) is 0 Å². The lowest BCUT2D eigenvalue weighted by Crippen LogP contribution is -2.13. The van der Waals surface area contributed by atoms with Gasteiger partial charge in [-0.1, -0.05) is 18.2 Å². The lowest BCUT2D eigenvalue weighted by molar-refractivity contribution is -0.143. The molecule has 3 aromatic rings. The largest absolute Gasteiger partial charge is 0.497 e. The van der Waals surface area contributed by atoms with Crippen LogP contribution in [0.5, 0.6) is 11.5 Å². The number of hydrogen-bond acceptors (Lipinski definition) is 5. The van der Waals surface area contributed by atoms with Crippen LogP contribution in [-0.4, -0.2) is 26.3 Å². The highest BCUT2D eigenvalue weighted by Crippen LogP contribution is 2.26. The molecule has 0 bridgehead atoms. The Morgan fingerprint density at radius 1 is 1.04 bits per heavy atom. The number of methoxy groups -OCH3 is 1. The molecule has 0 aliphatic heterocycles. The first-order chi connectivity index (χ1) is 11.8. The molecule has 0 spiro atoms. The standard InChI is InChI=1S/C19H18O5/c1-21-16-7-8-17-14(13-24-18(17)12-16)11-19(20)23-10-9-22-15-5-3-2-4-6-15/h2-8,12-13H,9-11H2,1H3. The zero-order chi connectivity index (χ0) is 16.8. The summed E-state index contributed by atoms with van der Waals surface area (Å²) in [6.07, 6.45) is 1.73. The number of carbonyl (C=O) groups excluding carboxylic acids is 1. The number of hydrogen-bond donors (Lipinski definition) is 0. The predicted molar refractivity (Wildman–Crippen MR) is 89.4 cm³/mol. The molecule has 5 nitrogen and oxygen atoms in total. The van der Waals surface area contributed by atoms with Crippen LogP contribution in [0.15, 0.2) is 59.2 Å². The van der Waals surface area contributed by atoms with Crippen molar-refractivity contribution in [3.05, 3.63) is 60.4 Å². The minimum atomic E-state index is -0.315. The van der Waals surface area contributed by atoms with Crippen LogP contribution in [0.4, 0.5) is 0 Å². The van der Waals surface area contributed by atoms with E-state index < -0.39 is 0 Å². The summed E-state index contributed by atoms with van der Waals surface area (Å²) in [4.78, 5) is 11.9. The van der Waals surface area contributed by atoms with Crippen LogP contribution in [-0.2, 0) is 16.0 Å². The average molecular weight is 326 g/mol. The lowest BCUT2D eigenvalue weighted by atomic mass is 10.1. The fourth-order valence-corrected chi connectivity index (χ4v) is 2.37. The third kappa shape index (κ3) is 3.87. The van der Waals surface area contributed by atoms with Crippen molar-refractivity contribution < 1.29 is 23.4 Å². The van der Waals surface area contributed by atoms with E-state index in [0.717, 1.165) is 16.7 Å². The second-order valence-electron chi connectivity index (χ2n) is 5.18. The van der Waals surface area contributed by atoms with Crippen LogP contribution in [0.3, 0.4) is 0 Å². The summed E-state index contributed by atoms with van der Waals surface area (Å²) in [5.41, 5.74) is 1.48. The second kappa shape index (κ2) is 7.55. The van der Waals surface area contributed by atoms with E-state index in [4.69, 9.17) is 18.6 Å². The minimum absolute atomic E-state index is 0.157. The molecule has 0 atom stereocenters. The molecule has 0 unspecified atom stereocenters. The van der Waals surface area contributed by atoms with Gasteiger partial charge in [-0.3, -0.25) is 4.79 Å². The second-order valence-corrected chi connectivity index (χ2v) is 5.18. The maximum Gasteiger partial charge on any atom is 0.310 e. The molecule has 5 heteroatoms. The lowest BCUT2D eigenvalue weighted by Gasteiger charge is -2.07. The highest BCUT2D eigenvalue weighted by molar-refractivity contribution is 5.86. The molecule has 0 radical (unpaired) electrons. The first-order valence-electron chi connectivity index (χ1n) is 7.64. The van der Waals surface area contributed by atoms with Gasteiger partial charge in [0, 0.05) is 17.0 Å². The Balaban J connectivity index is 1.50. The number of ether oxygens (including phenoxy) is 3. The number of para-hydroxylation sites is 1. The van der Waals surface area contributed by atoms with Gasteiger partial charge in [-0.05, 0) is 24.3 Å². The molecule has 24 heavy (non-hydrogen) atoms. The fourth-order valence-electron chi connectivity index (χ4n) is 2.37. The molecule has 3 rings (SSSR count). The van der Waals surface area contributed by atoms with E-state index in [-0.39, 0.29) is 19.0 Å². The highest BCUT2D eigenvalue weighted by Gasteiger charge is 2.12. The zero-order valence-electron chi connectivity index (χ0n) is 13.4.